The first-order chi connectivity index (χ1) is 7.27. The average molecular weight is 244 g/mol. The Balaban J connectivity index is 3.04. The van der Waals surface area contributed by atoms with Crippen molar-refractivity contribution in [2.24, 2.45) is 0 Å². The molecular weight excluding hydrogens is 228 g/mol. The van der Waals surface area contributed by atoms with Crippen LogP contribution in [0.25, 0.3) is 0 Å². The number of benzene rings is 1. The molecule has 0 aliphatic heterocycles. The highest BCUT2D eigenvalue weighted by atomic mass is 32.2. The molecule has 1 unspecified atom stereocenters. The molecule has 0 saturated carbocycles. The summed E-state index contributed by atoms with van der Waals surface area (Å²) < 4.78 is 28.3. The van der Waals surface area contributed by atoms with Crippen molar-refractivity contribution in [1.29, 1.82) is 0 Å². The lowest BCUT2D eigenvalue weighted by Crippen LogP contribution is -2.30. The smallest absolute Gasteiger partial charge is 0.299 e. The van der Waals surface area contributed by atoms with Gasteiger partial charge in [-0.3, -0.25) is 0 Å². The van der Waals surface area contributed by atoms with Gasteiger partial charge in [-0.25, -0.2) is 4.18 Å². The summed E-state index contributed by atoms with van der Waals surface area (Å²) >= 11 is 0. The molecular formula is C11H16O4S. The summed E-state index contributed by atoms with van der Waals surface area (Å²) in [5.74, 6) is -1.66. The summed E-state index contributed by atoms with van der Waals surface area (Å²) in [7, 11) is -3.90. The highest BCUT2D eigenvalue weighted by Crippen LogP contribution is 2.21. The Labute approximate surface area is 96.0 Å². The second kappa shape index (κ2) is 4.53. The number of aryl methyl sites for hydroxylation is 1. The zero-order valence-corrected chi connectivity index (χ0v) is 10.4. The lowest BCUT2D eigenvalue weighted by Gasteiger charge is -2.21. The molecule has 0 aliphatic rings. The van der Waals surface area contributed by atoms with Crippen LogP contribution in [0.15, 0.2) is 29.2 Å². The highest BCUT2D eigenvalue weighted by molar-refractivity contribution is 7.86. The molecule has 16 heavy (non-hydrogen) atoms. The van der Waals surface area contributed by atoms with Gasteiger partial charge in [-0.05, 0) is 38.0 Å². The number of hydrogen-bond donors (Lipinski definition) is 1. The van der Waals surface area contributed by atoms with E-state index in [1.807, 2.05) is 0 Å². The van der Waals surface area contributed by atoms with Crippen LogP contribution in [0.3, 0.4) is 0 Å². The molecule has 0 spiro atoms. The molecule has 5 heteroatoms. The summed E-state index contributed by atoms with van der Waals surface area (Å²) in [6.07, 6.45) is 0.193. The zero-order chi connectivity index (χ0) is 12.4. The van der Waals surface area contributed by atoms with E-state index >= 15 is 0 Å². The molecule has 0 heterocycles. The van der Waals surface area contributed by atoms with Crippen molar-refractivity contribution in [3.63, 3.8) is 0 Å². The predicted octanol–water partition coefficient (Wildman–Crippen LogP) is 1.82. The maximum atomic E-state index is 11.8. The van der Waals surface area contributed by atoms with Crippen LogP contribution >= 0.6 is 0 Å². The van der Waals surface area contributed by atoms with Gasteiger partial charge in [0.25, 0.3) is 10.1 Å². The van der Waals surface area contributed by atoms with Crippen molar-refractivity contribution in [2.45, 2.75) is 37.9 Å². The van der Waals surface area contributed by atoms with E-state index in [1.54, 1.807) is 26.0 Å². The Kier molecular flexibility index (Phi) is 3.72. The molecule has 1 aromatic carbocycles. The number of rotatable bonds is 4. The maximum Gasteiger partial charge on any atom is 0.299 e. The molecule has 0 bridgehead atoms. The van der Waals surface area contributed by atoms with Crippen molar-refractivity contribution >= 4 is 10.1 Å². The van der Waals surface area contributed by atoms with Gasteiger partial charge in [0, 0.05) is 0 Å². The molecule has 0 amide bonds. The molecule has 4 nitrogen and oxygen atoms in total. The minimum absolute atomic E-state index is 0.0567. The third kappa shape index (κ3) is 3.30. The minimum atomic E-state index is -3.90. The van der Waals surface area contributed by atoms with Gasteiger partial charge in [-0.2, -0.15) is 8.42 Å². The van der Waals surface area contributed by atoms with Gasteiger partial charge < -0.3 is 5.11 Å². The van der Waals surface area contributed by atoms with Crippen LogP contribution < -0.4 is 0 Å². The molecule has 0 fully saturated rings. The van der Waals surface area contributed by atoms with Gasteiger partial charge in [0.1, 0.15) is 0 Å². The first-order valence-electron chi connectivity index (χ1n) is 5.01. The van der Waals surface area contributed by atoms with Crippen LogP contribution in [0.1, 0.15) is 25.8 Å². The quantitative estimate of drug-likeness (QED) is 0.648. The first kappa shape index (κ1) is 13.2. The van der Waals surface area contributed by atoms with Gasteiger partial charge in [-0.15, -0.1) is 0 Å². The fraction of sp³-hybridized carbons (Fsp3) is 0.455. The lowest BCUT2D eigenvalue weighted by atomic mass is 10.2. The second-order valence-corrected chi connectivity index (χ2v) is 5.43. The van der Waals surface area contributed by atoms with Crippen molar-refractivity contribution < 1.29 is 17.7 Å². The van der Waals surface area contributed by atoms with Crippen molar-refractivity contribution in [3.8, 4) is 0 Å². The van der Waals surface area contributed by atoms with E-state index in [0.717, 1.165) is 5.56 Å². The molecule has 0 aromatic heterocycles. The summed E-state index contributed by atoms with van der Waals surface area (Å²) in [6, 6.07) is 6.36. The Hall–Kier alpha value is -0.910. The van der Waals surface area contributed by atoms with Crippen molar-refractivity contribution in [2.75, 3.05) is 0 Å². The normalized spacial score (nSPS) is 15.8. The van der Waals surface area contributed by atoms with Crippen LogP contribution in [0.4, 0.5) is 0 Å². The van der Waals surface area contributed by atoms with Crippen molar-refractivity contribution in [1.82, 2.24) is 0 Å². The van der Waals surface area contributed by atoms with Gasteiger partial charge >= 0.3 is 0 Å². The van der Waals surface area contributed by atoms with E-state index in [9.17, 15) is 13.5 Å². The van der Waals surface area contributed by atoms with E-state index in [0.29, 0.717) is 0 Å². The Bertz CT molecular complexity index is 463. The summed E-state index contributed by atoms with van der Waals surface area (Å²) in [5, 5.41) is 9.59. The number of aliphatic hydroxyl groups is 1. The SMILES string of the molecule is CCC(C)(O)OS(=O)(=O)c1cccc(C)c1. The van der Waals surface area contributed by atoms with Gasteiger partial charge in [0.15, 0.2) is 5.79 Å². The van der Waals surface area contributed by atoms with Gasteiger partial charge in [0.05, 0.1) is 4.90 Å². The second-order valence-electron chi connectivity index (χ2n) is 3.88. The maximum absolute atomic E-state index is 11.8. The van der Waals surface area contributed by atoms with Gasteiger partial charge in [0.2, 0.25) is 0 Å². The fourth-order valence-corrected chi connectivity index (χ4v) is 2.38. The third-order valence-electron chi connectivity index (χ3n) is 2.22. The van der Waals surface area contributed by atoms with E-state index in [1.165, 1.54) is 19.1 Å². The summed E-state index contributed by atoms with van der Waals surface area (Å²) in [4.78, 5) is 0.0567. The fourth-order valence-electron chi connectivity index (χ4n) is 1.11. The van der Waals surface area contributed by atoms with Crippen LogP contribution in [0, 0.1) is 6.92 Å². The lowest BCUT2D eigenvalue weighted by molar-refractivity contribution is -0.118. The van der Waals surface area contributed by atoms with Crippen LogP contribution in [0.2, 0.25) is 0 Å². The third-order valence-corrected chi connectivity index (χ3v) is 3.63. The van der Waals surface area contributed by atoms with E-state index in [-0.39, 0.29) is 11.3 Å². The molecule has 1 aromatic rings. The Morgan fingerprint density at radius 1 is 1.44 bits per heavy atom. The van der Waals surface area contributed by atoms with E-state index in [4.69, 9.17) is 4.18 Å². The molecule has 1 rings (SSSR count). The zero-order valence-electron chi connectivity index (χ0n) is 9.60. The van der Waals surface area contributed by atoms with Crippen molar-refractivity contribution in [3.05, 3.63) is 29.8 Å². The Morgan fingerprint density at radius 3 is 2.56 bits per heavy atom. The molecule has 1 atom stereocenters. The first-order valence-corrected chi connectivity index (χ1v) is 6.42. The topological polar surface area (TPSA) is 63.6 Å². The van der Waals surface area contributed by atoms with Gasteiger partial charge in [-0.1, -0.05) is 19.1 Å². The highest BCUT2D eigenvalue weighted by Gasteiger charge is 2.28. The van der Waals surface area contributed by atoms with E-state index in [2.05, 4.69) is 0 Å². The van der Waals surface area contributed by atoms with Crippen LogP contribution in [0.5, 0.6) is 0 Å². The number of hydrogen-bond acceptors (Lipinski definition) is 4. The summed E-state index contributed by atoms with van der Waals surface area (Å²) in [5.41, 5.74) is 0.820. The van der Waals surface area contributed by atoms with Crippen LogP contribution in [-0.2, 0) is 14.3 Å². The molecule has 0 radical (unpaired) electrons. The molecule has 1 N–H and O–H groups in total. The average Bonchev–Trinajstić information content (AvgIpc) is 2.16. The standard InChI is InChI=1S/C11H16O4S/c1-4-11(3,12)15-16(13,14)10-7-5-6-9(2)8-10/h5-8,12H,4H2,1-3H3. The molecule has 90 valence electrons. The molecule has 0 aliphatic carbocycles. The van der Waals surface area contributed by atoms with E-state index < -0.39 is 15.9 Å². The monoisotopic (exact) mass is 244 g/mol. The summed E-state index contributed by atoms with van der Waals surface area (Å²) in [6.45, 7) is 4.75. The molecule has 0 saturated heterocycles. The minimum Gasteiger partial charge on any atom is -0.365 e. The Morgan fingerprint density at radius 2 is 2.06 bits per heavy atom. The predicted molar refractivity (Wildman–Crippen MR) is 60.4 cm³/mol. The van der Waals surface area contributed by atoms with Crippen LogP contribution in [-0.4, -0.2) is 19.3 Å². The largest absolute Gasteiger partial charge is 0.365 e.